The van der Waals surface area contributed by atoms with E-state index in [1.807, 2.05) is 0 Å². The molecule has 0 radical (unpaired) electrons. The van der Waals surface area contributed by atoms with Crippen LogP contribution in [-0.2, 0) is 4.74 Å². The fraction of sp³-hybridized carbons (Fsp3) is 1.00. The molecule has 0 spiro atoms. The van der Waals surface area contributed by atoms with Gasteiger partial charge in [-0.1, -0.05) is 13.8 Å². The van der Waals surface area contributed by atoms with Crippen molar-refractivity contribution in [2.75, 3.05) is 19.8 Å². The van der Waals surface area contributed by atoms with Crippen molar-refractivity contribution in [1.82, 2.24) is 0 Å². The molecule has 13 heavy (non-hydrogen) atoms. The van der Waals surface area contributed by atoms with E-state index < -0.39 is 0 Å². The summed E-state index contributed by atoms with van der Waals surface area (Å²) in [5.41, 5.74) is 6.56. The third-order valence-corrected chi connectivity index (χ3v) is 4.73. The highest BCUT2D eigenvalue weighted by molar-refractivity contribution is 5.04. The van der Waals surface area contributed by atoms with Crippen molar-refractivity contribution in [1.29, 1.82) is 0 Å². The minimum atomic E-state index is 0.398. The maximum absolute atomic E-state index is 5.71. The molecule has 1 saturated heterocycles. The van der Waals surface area contributed by atoms with E-state index in [2.05, 4.69) is 13.8 Å². The van der Waals surface area contributed by atoms with Crippen molar-refractivity contribution >= 4 is 0 Å². The van der Waals surface area contributed by atoms with Gasteiger partial charge in [-0.25, -0.2) is 0 Å². The van der Waals surface area contributed by atoms with Crippen LogP contribution in [0, 0.1) is 16.7 Å². The molecule has 0 aromatic rings. The molecule has 0 amide bonds. The summed E-state index contributed by atoms with van der Waals surface area (Å²) in [6.07, 6.45) is 3.83. The number of rotatable bonds is 2. The molecule has 2 N–H and O–H groups in total. The first-order chi connectivity index (χ1) is 6.12. The van der Waals surface area contributed by atoms with Crippen LogP contribution in [0.2, 0.25) is 0 Å². The lowest BCUT2D eigenvalue weighted by atomic mass is 9.62. The molecular weight excluding hydrogens is 162 g/mol. The van der Waals surface area contributed by atoms with Gasteiger partial charge in [0.15, 0.2) is 0 Å². The Kier molecular flexibility index (Phi) is 2.16. The lowest BCUT2D eigenvalue weighted by Crippen LogP contribution is -2.47. The minimum absolute atomic E-state index is 0.398. The Hall–Kier alpha value is -0.0800. The number of hydrogen-bond donors (Lipinski definition) is 1. The maximum atomic E-state index is 5.71. The average Bonchev–Trinajstić information content (AvgIpc) is 2.25. The van der Waals surface area contributed by atoms with Crippen molar-refractivity contribution in [3.05, 3.63) is 0 Å². The molecule has 1 heterocycles. The van der Waals surface area contributed by atoms with Crippen LogP contribution in [0.5, 0.6) is 0 Å². The summed E-state index contributed by atoms with van der Waals surface area (Å²) in [7, 11) is 0. The Morgan fingerprint density at radius 1 is 1.46 bits per heavy atom. The summed E-state index contributed by atoms with van der Waals surface area (Å²) in [6, 6.07) is 0. The van der Waals surface area contributed by atoms with Gasteiger partial charge in [-0.05, 0) is 42.6 Å². The summed E-state index contributed by atoms with van der Waals surface area (Å²) in [5, 5.41) is 0. The molecule has 1 unspecified atom stereocenters. The summed E-state index contributed by atoms with van der Waals surface area (Å²) < 4.78 is 5.66. The largest absolute Gasteiger partial charge is 0.381 e. The van der Waals surface area contributed by atoms with Gasteiger partial charge in [-0.2, -0.15) is 0 Å². The number of nitrogens with two attached hydrogens (primary N) is 1. The van der Waals surface area contributed by atoms with Crippen LogP contribution in [0.1, 0.15) is 33.1 Å². The molecule has 0 aromatic heterocycles. The quantitative estimate of drug-likeness (QED) is 0.708. The molecule has 3 atom stereocenters. The van der Waals surface area contributed by atoms with E-state index in [9.17, 15) is 0 Å². The second-order valence-corrected chi connectivity index (χ2v) is 5.27. The molecule has 0 aromatic carbocycles. The first kappa shape index (κ1) is 9.47. The van der Waals surface area contributed by atoms with E-state index in [1.165, 1.54) is 12.8 Å². The van der Waals surface area contributed by atoms with Crippen LogP contribution in [-0.4, -0.2) is 19.8 Å². The molecule has 2 fully saturated rings. The Balaban J connectivity index is 2.25. The van der Waals surface area contributed by atoms with Gasteiger partial charge in [0.2, 0.25) is 0 Å². The molecule has 1 aliphatic heterocycles. The molecule has 1 saturated carbocycles. The molecule has 1 aliphatic carbocycles. The van der Waals surface area contributed by atoms with Crippen LogP contribution in [0.15, 0.2) is 0 Å². The number of hydrogen-bond acceptors (Lipinski definition) is 2. The van der Waals surface area contributed by atoms with E-state index in [-0.39, 0.29) is 0 Å². The van der Waals surface area contributed by atoms with E-state index in [4.69, 9.17) is 10.5 Å². The molecular formula is C11H21NO. The topological polar surface area (TPSA) is 35.2 Å². The SMILES string of the molecule is C[C@@]12CCC(COC1)[C@]2(C)CCN. The van der Waals surface area contributed by atoms with Crippen molar-refractivity contribution in [3.8, 4) is 0 Å². The Morgan fingerprint density at radius 3 is 2.85 bits per heavy atom. The third kappa shape index (κ3) is 1.15. The third-order valence-electron chi connectivity index (χ3n) is 4.73. The Morgan fingerprint density at radius 2 is 2.23 bits per heavy atom. The zero-order valence-electron chi connectivity index (χ0n) is 8.81. The Labute approximate surface area is 80.8 Å². The van der Waals surface area contributed by atoms with Crippen LogP contribution < -0.4 is 5.73 Å². The standard InChI is InChI=1S/C11H21NO/c1-10-4-3-9(7-13-8-10)11(10,2)5-6-12/h9H,3-8,12H2,1-2H3/t9?,10-,11+/m1/s1. The molecule has 2 bridgehead atoms. The van der Waals surface area contributed by atoms with Gasteiger partial charge in [0.05, 0.1) is 6.61 Å². The van der Waals surface area contributed by atoms with Crippen LogP contribution >= 0.6 is 0 Å². The monoisotopic (exact) mass is 183 g/mol. The van der Waals surface area contributed by atoms with E-state index in [0.717, 1.165) is 32.1 Å². The molecule has 2 nitrogen and oxygen atoms in total. The highest BCUT2D eigenvalue weighted by Gasteiger charge is 2.56. The highest BCUT2D eigenvalue weighted by Crippen LogP contribution is 2.60. The molecule has 2 rings (SSSR count). The fourth-order valence-electron chi connectivity index (χ4n) is 3.33. The lowest BCUT2D eigenvalue weighted by molar-refractivity contribution is -0.0996. The predicted molar refractivity (Wildman–Crippen MR) is 53.4 cm³/mol. The summed E-state index contributed by atoms with van der Waals surface area (Å²) in [4.78, 5) is 0. The second kappa shape index (κ2) is 2.96. The normalized spacial score (nSPS) is 49.6. The van der Waals surface area contributed by atoms with E-state index in [0.29, 0.717) is 10.8 Å². The molecule has 76 valence electrons. The molecule has 2 aliphatic rings. The van der Waals surface area contributed by atoms with Crippen LogP contribution in [0.25, 0.3) is 0 Å². The summed E-state index contributed by atoms with van der Waals surface area (Å²) >= 11 is 0. The van der Waals surface area contributed by atoms with Gasteiger partial charge in [0.1, 0.15) is 0 Å². The van der Waals surface area contributed by atoms with E-state index in [1.54, 1.807) is 0 Å². The maximum Gasteiger partial charge on any atom is 0.0525 e. The molecule has 2 heteroatoms. The van der Waals surface area contributed by atoms with Crippen molar-refractivity contribution in [2.24, 2.45) is 22.5 Å². The van der Waals surface area contributed by atoms with Gasteiger partial charge in [-0.3, -0.25) is 0 Å². The Bertz CT molecular complexity index is 202. The zero-order valence-corrected chi connectivity index (χ0v) is 8.81. The van der Waals surface area contributed by atoms with Gasteiger partial charge >= 0.3 is 0 Å². The first-order valence-corrected chi connectivity index (χ1v) is 5.40. The number of fused-ring (bicyclic) bond motifs is 2. The van der Waals surface area contributed by atoms with Gasteiger partial charge in [0.25, 0.3) is 0 Å². The second-order valence-electron chi connectivity index (χ2n) is 5.27. The highest BCUT2D eigenvalue weighted by atomic mass is 16.5. The van der Waals surface area contributed by atoms with Crippen LogP contribution in [0.4, 0.5) is 0 Å². The van der Waals surface area contributed by atoms with Gasteiger partial charge in [-0.15, -0.1) is 0 Å². The van der Waals surface area contributed by atoms with Crippen molar-refractivity contribution in [3.63, 3.8) is 0 Å². The predicted octanol–water partition coefficient (Wildman–Crippen LogP) is 1.79. The first-order valence-electron chi connectivity index (χ1n) is 5.40. The average molecular weight is 183 g/mol. The van der Waals surface area contributed by atoms with Gasteiger partial charge < -0.3 is 10.5 Å². The lowest BCUT2D eigenvalue weighted by Gasteiger charge is -2.48. The summed E-state index contributed by atoms with van der Waals surface area (Å²) in [6.45, 7) is 7.52. The van der Waals surface area contributed by atoms with Crippen molar-refractivity contribution in [2.45, 2.75) is 33.1 Å². The zero-order chi connectivity index (χ0) is 9.53. The fourth-order valence-corrected chi connectivity index (χ4v) is 3.33. The smallest absolute Gasteiger partial charge is 0.0525 e. The summed E-state index contributed by atoms with van der Waals surface area (Å²) in [5.74, 6) is 0.759. The van der Waals surface area contributed by atoms with Crippen LogP contribution in [0.3, 0.4) is 0 Å². The number of ether oxygens (including phenoxy) is 1. The van der Waals surface area contributed by atoms with Crippen molar-refractivity contribution < 1.29 is 4.74 Å². The minimum Gasteiger partial charge on any atom is -0.381 e. The van der Waals surface area contributed by atoms with Gasteiger partial charge in [0, 0.05) is 6.61 Å². The van der Waals surface area contributed by atoms with E-state index >= 15 is 0 Å².